The molecule has 0 amide bonds. The fourth-order valence-electron chi connectivity index (χ4n) is 7.27. The molecule has 1 atom stereocenters. The number of aryl methyl sites for hydroxylation is 2. The van der Waals surface area contributed by atoms with E-state index in [0.29, 0.717) is 18.4 Å². The molecule has 2 aromatic carbocycles. The van der Waals surface area contributed by atoms with Gasteiger partial charge in [0.25, 0.3) is 0 Å². The van der Waals surface area contributed by atoms with E-state index >= 15 is 0 Å². The third kappa shape index (κ3) is 2.85. The maximum Gasteiger partial charge on any atom is 0.234 e. The SMILES string of the molecule is O=C1C(=O)C(c2cc3c4c(c2[O-])CCCN4CCC3)C(=O)/C1=c1\cc2c3c(c1O)CCC[N+]=3CCC2. The van der Waals surface area contributed by atoms with Crippen LogP contribution in [0.4, 0.5) is 5.69 Å². The van der Waals surface area contributed by atoms with Gasteiger partial charge < -0.3 is 15.1 Å². The number of phenols is 1. The zero-order chi connectivity index (χ0) is 24.7. The number of rotatable bonds is 1. The van der Waals surface area contributed by atoms with Crippen LogP contribution in [0.3, 0.4) is 0 Å². The molecule has 7 rings (SSSR count). The van der Waals surface area contributed by atoms with E-state index in [1.165, 1.54) is 0 Å². The van der Waals surface area contributed by atoms with Crippen LogP contribution in [0.5, 0.6) is 11.5 Å². The Morgan fingerprint density at radius 1 is 0.861 bits per heavy atom. The Balaban J connectivity index is 1.43. The molecule has 0 bridgehead atoms. The van der Waals surface area contributed by atoms with E-state index in [2.05, 4.69) is 9.48 Å². The third-order valence-corrected chi connectivity index (χ3v) is 8.80. The highest BCUT2D eigenvalue weighted by Crippen LogP contribution is 2.45. The summed E-state index contributed by atoms with van der Waals surface area (Å²) >= 11 is 0. The molecule has 1 saturated carbocycles. The number of phenolic OH excluding ortho intramolecular Hbond substituents is 1. The fraction of sp³-hybridized carbons (Fsp3) is 0.448. The number of benzene rings is 2. The summed E-state index contributed by atoms with van der Waals surface area (Å²) < 4.78 is 2.27. The van der Waals surface area contributed by atoms with Gasteiger partial charge in [0, 0.05) is 42.4 Å². The molecule has 2 aromatic rings. The van der Waals surface area contributed by atoms with E-state index in [9.17, 15) is 24.6 Å². The lowest BCUT2D eigenvalue weighted by molar-refractivity contribution is -0.270. The van der Waals surface area contributed by atoms with Crippen molar-refractivity contribution >= 4 is 28.6 Å². The third-order valence-electron chi connectivity index (χ3n) is 8.80. The zero-order valence-corrected chi connectivity index (χ0v) is 20.2. The summed E-state index contributed by atoms with van der Waals surface area (Å²) in [6.07, 6.45) is 6.54. The number of hydrogen-bond acceptors (Lipinski definition) is 6. The molecule has 0 spiro atoms. The van der Waals surface area contributed by atoms with Crippen molar-refractivity contribution in [2.75, 3.05) is 31.1 Å². The zero-order valence-electron chi connectivity index (χ0n) is 20.2. The van der Waals surface area contributed by atoms with Crippen molar-refractivity contribution in [2.45, 2.75) is 57.3 Å². The number of nitrogens with zero attached hydrogens (tertiary/aromatic N) is 2. The number of Topliss-reactive ketones (excluding diaryl/α,β-unsaturated/α-hetero) is 3. The largest absolute Gasteiger partial charge is 0.872 e. The normalized spacial score (nSPS) is 24.2. The molecule has 0 radical (unpaired) electrons. The fourth-order valence-corrected chi connectivity index (χ4v) is 7.27. The van der Waals surface area contributed by atoms with Gasteiger partial charge in [-0.1, -0.05) is 11.8 Å². The van der Waals surface area contributed by atoms with Crippen LogP contribution in [0.2, 0.25) is 0 Å². The second-order valence-corrected chi connectivity index (χ2v) is 10.8. The van der Waals surface area contributed by atoms with Gasteiger partial charge in [-0.15, -0.1) is 0 Å². The van der Waals surface area contributed by atoms with E-state index < -0.39 is 23.3 Å². The topological polar surface area (TPSA) is 101 Å². The van der Waals surface area contributed by atoms with Crippen molar-refractivity contribution in [2.24, 2.45) is 0 Å². The molecular formula is C29H28N2O5. The van der Waals surface area contributed by atoms with Gasteiger partial charge in [-0.2, -0.15) is 0 Å². The van der Waals surface area contributed by atoms with E-state index in [0.717, 1.165) is 92.4 Å². The molecule has 184 valence electrons. The van der Waals surface area contributed by atoms with Gasteiger partial charge in [0.05, 0.1) is 11.1 Å². The van der Waals surface area contributed by atoms with Crippen molar-refractivity contribution in [3.05, 3.63) is 50.5 Å². The Morgan fingerprint density at radius 2 is 1.56 bits per heavy atom. The molecule has 0 saturated heterocycles. The summed E-state index contributed by atoms with van der Waals surface area (Å²) in [5.74, 6) is -4.14. The summed E-state index contributed by atoms with van der Waals surface area (Å²) in [5, 5.41) is 26.0. The minimum Gasteiger partial charge on any atom is -0.872 e. The number of hydrogen-bond donors (Lipinski definition) is 1. The summed E-state index contributed by atoms with van der Waals surface area (Å²) in [6.45, 7) is 3.68. The standard InChI is InChI=1S/C29H28N2O5/c32-25-17-7-3-11-30-9-1-5-15(23(17)30)13-19(25)21-27(34)22(29(36)28(21)35)20-14-16-6-2-10-31-12-4-8-18(24(16)31)26(20)33/h13-14,21,32H,1-12H2/b22-20-. The summed E-state index contributed by atoms with van der Waals surface area (Å²) in [4.78, 5) is 42.6. The van der Waals surface area contributed by atoms with Gasteiger partial charge in [0.1, 0.15) is 24.8 Å². The van der Waals surface area contributed by atoms with Gasteiger partial charge >= 0.3 is 0 Å². The highest BCUT2D eigenvalue weighted by molar-refractivity contribution is 6.72. The highest BCUT2D eigenvalue weighted by Gasteiger charge is 2.47. The quantitative estimate of drug-likeness (QED) is 0.353. The van der Waals surface area contributed by atoms with Gasteiger partial charge in [0.15, 0.2) is 5.78 Å². The molecular weight excluding hydrogens is 456 g/mol. The van der Waals surface area contributed by atoms with Crippen LogP contribution in [0.1, 0.15) is 59.4 Å². The van der Waals surface area contributed by atoms with E-state index in [1.54, 1.807) is 12.1 Å². The Hall–Kier alpha value is -3.48. The number of carbonyl (C=O) groups is 3. The molecule has 4 aliphatic heterocycles. The maximum absolute atomic E-state index is 13.8. The molecule has 0 aromatic heterocycles. The lowest BCUT2D eigenvalue weighted by Gasteiger charge is -2.40. The Morgan fingerprint density at radius 3 is 2.36 bits per heavy atom. The summed E-state index contributed by atoms with van der Waals surface area (Å²) in [7, 11) is 0. The Labute approximate surface area is 208 Å². The minimum atomic E-state index is -1.41. The van der Waals surface area contributed by atoms with Crippen molar-refractivity contribution in [1.82, 2.24) is 4.58 Å². The molecule has 5 aliphatic rings. The van der Waals surface area contributed by atoms with Crippen LogP contribution in [0, 0.1) is 0 Å². The second kappa shape index (κ2) is 7.76. The summed E-state index contributed by atoms with van der Waals surface area (Å²) in [5.41, 5.74) is 4.30. The average molecular weight is 485 g/mol. The number of ketones is 3. The first-order valence-electron chi connectivity index (χ1n) is 13.2. The van der Waals surface area contributed by atoms with Gasteiger partial charge in [-0.05, 0) is 61.3 Å². The molecule has 1 fully saturated rings. The monoisotopic (exact) mass is 484 g/mol. The molecule has 7 nitrogen and oxygen atoms in total. The number of aromatic hydroxyl groups is 1. The maximum atomic E-state index is 13.8. The Kier molecular flexibility index (Phi) is 4.69. The van der Waals surface area contributed by atoms with Crippen LogP contribution in [0.15, 0.2) is 12.1 Å². The molecule has 1 aliphatic carbocycles. The van der Waals surface area contributed by atoms with Crippen LogP contribution in [-0.2, 0) is 40.1 Å². The smallest absolute Gasteiger partial charge is 0.234 e. The van der Waals surface area contributed by atoms with E-state index in [-0.39, 0.29) is 27.9 Å². The minimum absolute atomic E-state index is 0.0657. The lowest BCUT2D eigenvalue weighted by Crippen LogP contribution is -2.44. The van der Waals surface area contributed by atoms with Crippen LogP contribution in [0.25, 0.3) is 5.57 Å². The molecule has 1 unspecified atom stereocenters. The van der Waals surface area contributed by atoms with E-state index in [1.807, 2.05) is 0 Å². The lowest BCUT2D eigenvalue weighted by atomic mass is 9.84. The van der Waals surface area contributed by atoms with Gasteiger partial charge in [-0.25, -0.2) is 4.58 Å². The van der Waals surface area contributed by atoms with E-state index in [4.69, 9.17) is 0 Å². The molecule has 4 heterocycles. The van der Waals surface area contributed by atoms with Crippen LogP contribution < -0.4 is 25.2 Å². The average Bonchev–Trinajstić information content (AvgIpc) is 3.11. The number of carbonyl (C=O) groups excluding carboxylic acids is 3. The van der Waals surface area contributed by atoms with Gasteiger partial charge in [0.2, 0.25) is 16.9 Å². The molecule has 7 heteroatoms. The summed E-state index contributed by atoms with van der Waals surface area (Å²) in [6, 6.07) is 3.45. The van der Waals surface area contributed by atoms with Crippen molar-refractivity contribution < 1.29 is 24.6 Å². The van der Waals surface area contributed by atoms with Crippen LogP contribution in [-0.4, -0.2) is 48.6 Å². The number of anilines is 1. The predicted molar refractivity (Wildman–Crippen MR) is 131 cm³/mol. The van der Waals surface area contributed by atoms with Crippen molar-refractivity contribution in [1.29, 1.82) is 0 Å². The van der Waals surface area contributed by atoms with Crippen molar-refractivity contribution in [3.63, 3.8) is 0 Å². The Bertz CT molecular complexity index is 1530. The van der Waals surface area contributed by atoms with Gasteiger partial charge in [-0.3, -0.25) is 14.4 Å². The second-order valence-electron chi connectivity index (χ2n) is 10.8. The highest BCUT2D eigenvalue weighted by atomic mass is 16.3. The molecule has 1 N–H and O–H groups in total. The predicted octanol–water partition coefficient (Wildman–Crippen LogP) is 0.204. The molecule has 36 heavy (non-hydrogen) atoms. The first kappa shape index (κ1) is 21.8. The first-order chi connectivity index (χ1) is 17.5. The van der Waals surface area contributed by atoms with Crippen molar-refractivity contribution in [3.8, 4) is 11.5 Å². The van der Waals surface area contributed by atoms with Crippen LogP contribution >= 0.6 is 0 Å². The first-order valence-corrected chi connectivity index (χ1v) is 13.2.